The first-order chi connectivity index (χ1) is 14.7. The van der Waals surface area contributed by atoms with Crippen LogP contribution >= 0.6 is 11.3 Å². The fourth-order valence-electron chi connectivity index (χ4n) is 4.00. The van der Waals surface area contributed by atoms with Gasteiger partial charge in [-0.05, 0) is 43.0 Å². The molecule has 1 saturated heterocycles. The predicted molar refractivity (Wildman–Crippen MR) is 120 cm³/mol. The van der Waals surface area contributed by atoms with Gasteiger partial charge in [0, 0.05) is 36.8 Å². The molecule has 6 nitrogen and oxygen atoms in total. The second-order valence-corrected chi connectivity index (χ2v) is 8.59. The van der Waals surface area contributed by atoms with Crippen molar-refractivity contribution in [1.29, 1.82) is 5.26 Å². The van der Waals surface area contributed by atoms with Gasteiger partial charge in [0.2, 0.25) is 0 Å². The molecule has 0 saturated carbocycles. The number of thiazole rings is 1. The maximum Gasteiger partial charge on any atom is 0.274 e. The van der Waals surface area contributed by atoms with E-state index in [0.717, 1.165) is 25.1 Å². The van der Waals surface area contributed by atoms with E-state index >= 15 is 0 Å². The molecule has 1 fully saturated rings. The van der Waals surface area contributed by atoms with Crippen LogP contribution in [0.5, 0.6) is 0 Å². The average Bonchev–Trinajstić information content (AvgIpc) is 3.49. The number of benzene rings is 1. The van der Waals surface area contributed by atoms with E-state index in [-0.39, 0.29) is 17.9 Å². The minimum Gasteiger partial charge on any atom is -0.363 e. The van der Waals surface area contributed by atoms with Gasteiger partial charge in [-0.15, -0.1) is 11.3 Å². The molecule has 2 aromatic heterocycles. The van der Waals surface area contributed by atoms with E-state index in [9.17, 15) is 4.79 Å². The van der Waals surface area contributed by atoms with Gasteiger partial charge in [0.05, 0.1) is 17.8 Å². The summed E-state index contributed by atoms with van der Waals surface area (Å²) in [7, 11) is 0. The Kier molecular flexibility index (Phi) is 6.15. The maximum atomic E-state index is 12.8. The highest BCUT2D eigenvalue weighted by molar-refractivity contribution is 7.14. The molecule has 2 atom stereocenters. The Labute approximate surface area is 180 Å². The van der Waals surface area contributed by atoms with E-state index in [4.69, 9.17) is 10.2 Å². The fraction of sp³-hybridized carbons (Fsp3) is 0.348. The van der Waals surface area contributed by atoms with Crippen molar-refractivity contribution in [2.45, 2.75) is 38.8 Å². The largest absolute Gasteiger partial charge is 0.363 e. The number of hydrogen-bond donors (Lipinski definition) is 1. The Morgan fingerprint density at radius 3 is 2.97 bits per heavy atom. The number of nitrogens with one attached hydrogen (secondary N) is 1. The lowest BCUT2D eigenvalue weighted by atomic mass is 10.1. The summed E-state index contributed by atoms with van der Waals surface area (Å²) in [5.41, 5.74) is 2.81. The third kappa shape index (κ3) is 4.39. The van der Waals surface area contributed by atoms with Crippen LogP contribution in [0.2, 0.25) is 0 Å². The van der Waals surface area contributed by atoms with Crippen molar-refractivity contribution >= 4 is 28.1 Å². The van der Waals surface area contributed by atoms with Gasteiger partial charge in [-0.25, -0.2) is 4.98 Å². The molecule has 1 aliphatic heterocycles. The zero-order valence-electron chi connectivity index (χ0n) is 17.0. The molecule has 0 unspecified atom stereocenters. The monoisotopic (exact) mass is 419 g/mol. The summed E-state index contributed by atoms with van der Waals surface area (Å²) < 4.78 is 1.90. The Hall–Kier alpha value is -3.11. The van der Waals surface area contributed by atoms with Gasteiger partial charge in [0.15, 0.2) is 5.13 Å². The lowest BCUT2D eigenvalue weighted by molar-refractivity contribution is 0.101. The van der Waals surface area contributed by atoms with Crippen molar-refractivity contribution in [3.05, 3.63) is 65.4 Å². The Balaban J connectivity index is 1.45. The molecule has 154 valence electrons. The fourth-order valence-corrected chi connectivity index (χ4v) is 4.75. The van der Waals surface area contributed by atoms with Crippen LogP contribution in [0.4, 0.5) is 10.8 Å². The molecule has 0 aliphatic carbocycles. The molecule has 3 aromatic rings. The highest BCUT2D eigenvalue weighted by Crippen LogP contribution is 2.37. The molecule has 0 spiro atoms. The zero-order chi connectivity index (χ0) is 20.9. The standard InChI is InChI=1S/C23H25N5OS/c1-17(11-12-24)15-27-13-5-10-21(27)22(29)26-23-25-19(16-30-23)20-9-6-14-28(20)18-7-3-2-4-8-18/h2-5,7-8,10,13,16-17,20H,6,9,11,14-15H2,1H3,(H,25,26,29)/t17-,20-/m1/s1. The van der Waals surface area contributed by atoms with Gasteiger partial charge in [-0.3, -0.25) is 10.1 Å². The minimum atomic E-state index is -0.170. The van der Waals surface area contributed by atoms with Crippen LogP contribution in [0.1, 0.15) is 48.4 Å². The Morgan fingerprint density at radius 2 is 2.17 bits per heavy atom. The van der Waals surface area contributed by atoms with Crippen LogP contribution in [0.3, 0.4) is 0 Å². The third-order valence-corrected chi connectivity index (χ3v) is 6.21. The molecule has 3 heterocycles. The molecule has 30 heavy (non-hydrogen) atoms. The third-order valence-electron chi connectivity index (χ3n) is 5.43. The summed E-state index contributed by atoms with van der Waals surface area (Å²) >= 11 is 1.47. The molecular formula is C23H25N5OS. The van der Waals surface area contributed by atoms with E-state index < -0.39 is 0 Å². The number of rotatable bonds is 7. The van der Waals surface area contributed by atoms with E-state index in [2.05, 4.69) is 45.9 Å². The molecule has 1 aliphatic rings. The van der Waals surface area contributed by atoms with Crippen LogP contribution in [0.15, 0.2) is 54.0 Å². The van der Waals surface area contributed by atoms with Gasteiger partial charge in [-0.2, -0.15) is 5.26 Å². The van der Waals surface area contributed by atoms with Crippen LogP contribution in [0.25, 0.3) is 0 Å². The maximum absolute atomic E-state index is 12.8. The number of carbonyl (C=O) groups excluding carboxylic acids is 1. The van der Waals surface area contributed by atoms with Crippen LogP contribution in [-0.4, -0.2) is 22.0 Å². The summed E-state index contributed by atoms with van der Waals surface area (Å²) in [6.07, 6.45) is 4.54. The van der Waals surface area contributed by atoms with Crippen molar-refractivity contribution in [1.82, 2.24) is 9.55 Å². The Bertz CT molecular complexity index is 1040. The minimum absolute atomic E-state index is 0.170. The van der Waals surface area contributed by atoms with Gasteiger partial charge in [-0.1, -0.05) is 25.1 Å². The molecule has 0 radical (unpaired) electrons. The number of anilines is 2. The lowest BCUT2D eigenvalue weighted by Gasteiger charge is -2.25. The van der Waals surface area contributed by atoms with Crippen molar-refractivity contribution in [2.75, 3.05) is 16.8 Å². The van der Waals surface area contributed by atoms with Crippen LogP contribution < -0.4 is 10.2 Å². The SMILES string of the molecule is C[C@H](CC#N)Cn1cccc1C(=O)Nc1nc([C@H]2CCCN2c2ccccc2)cs1. The summed E-state index contributed by atoms with van der Waals surface area (Å²) in [6, 6.07) is 16.5. The molecular weight excluding hydrogens is 394 g/mol. The summed E-state index contributed by atoms with van der Waals surface area (Å²) in [5.74, 6) is 0.0168. The first-order valence-electron chi connectivity index (χ1n) is 10.3. The van der Waals surface area contributed by atoms with E-state index in [1.807, 2.05) is 29.8 Å². The number of hydrogen-bond acceptors (Lipinski definition) is 5. The first-order valence-corrected chi connectivity index (χ1v) is 11.1. The highest BCUT2D eigenvalue weighted by atomic mass is 32.1. The van der Waals surface area contributed by atoms with Crippen molar-refractivity contribution in [3.8, 4) is 6.07 Å². The zero-order valence-corrected chi connectivity index (χ0v) is 17.8. The number of para-hydroxylation sites is 1. The normalized spacial score (nSPS) is 16.9. The summed E-state index contributed by atoms with van der Waals surface area (Å²) in [6.45, 7) is 3.67. The number of nitrogens with zero attached hydrogens (tertiary/aromatic N) is 4. The molecule has 7 heteroatoms. The smallest absolute Gasteiger partial charge is 0.274 e. The van der Waals surface area contributed by atoms with Gasteiger partial charge < -0.3 is 9.47 Å². The lowest BCUT2D eigenvalue weighted by Crippen LogP contribution is -2.22. The first kappa shape index (κ1) is 20.2. The second-order valence-electron chi connectivity index (χ2n) is 7.73. The van der Waals surface area contributed by atoms with Gasteiger partial charge >= 0.3 is 0 Å². The van der Waals surface area contributed by atoms with E-state index in [1.165, 1.54) is 17.0 Å². The van der Waals surface area contributed by atoms with Crippen molar-refractivity contribution < 1.29 is 4.79 Å². The highest BCUT2D eigenvalue weighted by Gasteiger charge is 2.28. The molecule has 0 bridgehead atoms. The number of carbonyl (C=O) groups is 1. The van der Waals surface area contributed by atoms with Crippen molar-refractivity contribution in [3.63, 3.8) is 0 Å². The van der Waals surface area contributed by atoms with E-state index in [1.54, 1.807) is 6.07 Å². The van der Waals surface area contributed by atoms with Gasteiger partial charge in [0.1, 0.15) is 5.69 Å². The van der Waals surface area contributed by atoms with Crippen LogP contribution in [-0.2, 0) is 6.54 Å². The Morgan fingerprint density at radius 1 is 1.33 bits per heavy atom. The second kappa shape index (κ2) is 9.14. The quantitative estimate of drug-likeness (QED) is 0.579. The summed E-state index contributed by atoms with van der Waals surface area (Å²) in [4.78, 5) is 19.9. The number of amides is 1. The molecule has 1 N–H and O–H groups in total. The predicted octanol–water partition coefficient (Wildman–Crippen LogP) is 5.09. The van der Waals surface area contributed by atoms with E-state index in [0.29, 0.717) is 23.8 Å². The number of aromatic nitrogens is 2. The molecule has 1 aromatic carbocycles. The van der Waals surface area contributed by atoms with Gasteiger partial charge in [0.25, 0.3) is 5.91 Å². The molecule has 1 amide bonds. The average molecular weight is 420 g/mol. The van der Waals surface area contributed by atoms with Crippen LogP contribution in [0, 0.1) is 17.2 Å². The summed E-state index contributed by atoms with van der Waals surface area (Å²) in [5, 5.41) is 14.5. The molecule has 4 rings (SSSR count). The topological polar surface area (TPSA) is 74.0 Å². The van der Waals surface area contributed by atoms with Crippen molar-refractivity contribution in [2.24, 2.45) is 5.92 Å². The number of nitriles is 1.